The average molecular weight is 294 g/mol. The number of nitrogens with one attached hydrogen (secondary N) is 1. The van der Waals surface area contributed by atoms with Crippen molar-refractivity contribution in [3.8, 4) is 0 Å². The summed E-state index contributed by atoms with van der Waals surface area (Å²) in [4.78, 5) is 32.2. The normalized spacial score (nSPS) is 13.6. The van der Waals surface area contributed by atoms with Crippen molar-refractivity contribution in [2.45, 2.75) is 19.1 Å². The smallest absolute Gasteiger partial charge is 0.328 e. The van der Waals surface area contributed by atoms with Crippen molar-refractivity contribution in [2.75, 3.05) is 0 Å². The molecule has 112 valence electrons. The van der Waals surface area contributed by atoms with Crippen molar-refractivity contribution < 1.29 is 24.7 Å². The number of nitrogens with zero attached hydrogens (tertiary/aromatic N) is 1. The van der Waals surface area contributed by atoms with E-state index in [2.05, 4.69) is 5.32 Å². The van der Waals surface area contributed by atoms with Gasteiger partial charge in [-0.1, -0.05) is 0 Å². The molecule has 1 rings (SSSR count). The standard InChI is InChI=1S/C13H14N2O6/c1-8(16)12(13(18)19)14-11(17)7-4-9-2-5-10(6-3-9)15(20)21/h2-8,12,16H,1H3,(H,14,17)(H,18,19)/b7-4+/t8-,12+/m1/s1. The van der Waals surface area contributed by atoms with Gasteiger partial charge in [0.2, 0.25) is 5.91 Å². The Hall–Kier alpha value is -2.74. The minimum Gasteiger partial charge on any atom is -0.480 e. The molecule has 0 saturated heterocycles. The molecule has 0 aliphatic heterocycles. The highest BCUT2D eigenvalue weighted by Crippen LogP contribution is 2.12. The van der Waals surface area contributed by atoms with E-state index >= 15 is 0 Å². The Bertz CT molecular complexity index is 565. The van der Waals surface area contributed by atoms with E-state index in [-0.39, 0.29) is 5.69 Å². The van der Waals surface area contributed by atoms with Gasteiger partial charge in [-0.25, -0.2) is 4.79 Å². The number of nitro groups is 1. The number of hydrogen-bond acceptors (Lipinski definition) is 5. The molecule has 0 radical (unpaired) electrons. The molecule has 2 atom stereocenters. The minimum absolute atomic E-state index is 0.0725. The lowest BCUT2D eigenvalue weighted by Gasteiger charge is -2.15. The van der Waals surface area contributed by atoms with Crippen LogP contribution in [-0.4, -0.2) is 39.2 Å². The summed E-state index contributed by atoms with van der Waals surface area (Å²) in [5, 5.41) is 30.6. The molecule has 0 saturated carbocycles. The second-order valence-electron chi connectivity index (χ2n) is 4.25. The average Bonchev–Trinajstić information content (AvgIpc) is 2.42. The van der Waals surface area contributed by atoms with Crippen molar-refractivity contribution >= 4 is 23.6 Å². The van der Waals surface area contributed by atoms with Crippen LogP contribution in [0.5, 0.6) is 0 Å². The first-order valence-corrected chi connectivity index (χ1v) is 5.95. The second kappa shape index (κ2) is 7.15. The number of amides is 1. The van der Waals surface area contributed by atoms with E-state index in [1.165, 1.54) is 37.3 Å². The highest BCUT2D eigenvalue weighted by atomic mass is 16.6. The lowest BCUT2D eigenvalue weighted by molar-refractivity contribution is -0.384. The van der Waals surface area contributed by atoms with E-state index in [4.69, 9.17) is 5.11 Å². The summed E-state index contributed by atoms with van der Waals surface area (Å²) in [7, 11) is 0. The number of carboxylic acids is 1. The summed E-state index contributed by atoms with van der Waals surface area (Å²) in [5.74, 6) is -2.04. The van der Waals surface area contributed by atoms with Crippen molar-refractivity contribution in [3.63, 3.8) is 0 Å². The van der Waals surface area contributed by atoms with Gasteiger partial charge in [-0.3, -0.25) is 14.9 Å². The Labute approximate surface area is 119 Å². The van der Waals surface area contributed by atoms with E-state index in [1.807, 2.05) is 0 Å². The first-order chi connectivity index (χ1) is 9.81. The third-order valence-corrected chi connectivity index (χ3v) is 2.58. The van der Waals surface area contributed by atoms with E-state index in [0.29, 0.717) is 5.56 Å². The number of nitro benzene ring substituents is 1. The fourth-order valence-electron chi connectivity index (χ4n) is 1.47. The molecule has 0 bridgehead atoms. The molecule has 1 aromatic rings. The van der Waals surface area contributed by atoms with Gasteiger partial charge in [-0.15, -0.1) is 0 Å². The molecular weight excluding hydrogens is 280 g/mol. The van der Waals surface area contributed by atoms with E-state index < -0.39 is 28.9 Å². The molecule has 0 aromatic heterocycles. The number of aliphatic carboxylic acids is 1. The third kappa shape index (κ3) is 5.03. The van der Waals surface area contributed by atoms with Crippen LogP contribution in [-0.2, 0) is 9.59 Å². The third-order valence-electron chi connectivity index (χ3n) is 2.58. The van der Waals surface area contributed by atoms with E-state index in [9.17, 15) is 24.8 Å². The minimum atomic E-state index is -1.40. The Morgan fingerprint density at radius 1 is 1.33 bits per heavy atom. The van der Waals surface area contributed by atoms with Crippen LogP contribution in [0.3, 0.4) is 0 Å². The number of rotatable bonds is 6. The van der Waals surface area contributed by atoms with Gasteiger partial charge in [0.25, 0.3) is 5.69 Å². The molecular formula is C13H14N2O6. The quantitative estimate of drug-likeness (QED) is 0.399. The SMILES string of the molecule is C[C@@H](O)[C@H](NC(=O)/C=C/c1ccc([N+](=O)[O-])cc1)C(=O)O. The maximum absolute atomic E-state index is 11.5. The zero-order valence-electron chi connectivity index (χ0n) is 11.1. The van der Waals surface area contributed by atoms with E-state index in [0.717, 1.165) is 6.08 Å². The van der Waals surface area contributed by atoms with Gasteiger partial charge in [-0.05, 0) is 30.7 Å². The first-order valence-electron chi connectivity index (χ1n) is 5.95. The number of aliphatic hydroxyl groups is 1. The van der Waals surface area contributed by atoms with Gasteiger partial charge in [0.1, 0.15) is 0 Å². The number of non-ortho nitro benzene ring substituents is 1. The first kappa shape index (κ1) is 16.3. The molecule has 0 aliphatic rings. The van der Waals surface area contributed by atoms with Crippen LogP contribution in [0.1, 0.15) is 12.5 Å². The van der Waals surface area contributed by atoms with Gasteiger partial charge in [0.05, 0.1) is 11.0 Å². The Morgan fingerprint density at radius 2 is 1.90 bits per heavy atom. The maximum Gasteiger partial charge on any atom is 0.328 e. The van der Waals surface area contributed by atoms with Crippen molar-refractivity contribution in [1.29, 1.82) is 0 Å². The van der Waals surface area contributed by atoms with Gasteiger partial charge >= 0.3 is 5.97 Å². The van der Waals surface area contributed by atoms with Crippen molar-refractivity contribution in [1.82, 2.24) is 5.32 Å². The summed E-state index contributed by atoms with van der Waals surface area (Å²) >= 11 is 0. The van der Waals surface area contributed by atoms with Gasteiger partial charge in [-0.2, -0.15) is 0 Å². The molecule has 1 amide bonds. The van der Waals surface area contributed by atoms with E-state index in [1.54, 1.807) is 0 Å². The Balaban J connectivity index is 2.69. The largest absolute Gasteiger partial charge is 0.480 e. The fraction of sp³-hybridized carbons (Fsp3) is 0.231. The second-order valence-corrected chi connectivity index (χ2v) is 4.25. The summed E-state index contributed by atoms with van der Waals surface area (Å²) in [5.41, 5.74) is 0.469. The molecule has 8 heteroatoms. The fourth-order valence-corrected chi connectivity index (χ4v) is 1.47. The number of hydrogen-bond donors (Lipinski definition) is 3. The van der Waals surface area contributed by atoms with Crippen LogP contribution in [0.25, 0.3) is 6.08 Å². The number of carbonyl (C=O) groups is 2. The van der Waals surface area contributed by atoms with Crippen LogP contribution in [0.2, 0.25) is 0 Å². The predicted molar refractivity (Wildman–Crippen MR) is 73.4 cm³/mol. The van der Waals surface area contributed by atoms with Crippen molar-refractivity contribution in [2.24, 2.45) is 0 Å². The van der Waals surface area contributed by atoms with Crippen LogP contribution >= 0.6 is 0 Å². The highest BCUT2D eigenvalue weighted by Gasteiger charge is 2.23. The number of aliphatic hydroxyl groups excluding tert-OH is 1. The molecule has 21 heavy (non-hydrogen) atoms. The van der Waals surface area contributed by atoms with Crippen LogP contribution in [0.4, 0.5) is 5.69 Å². The predicted octanol–water partition coefficient (Wildman–Crippen LogP) is 0.558. The molecule has 0 unspecified atom stereocenters. The van der Waals surface area contributed by atoms with Crippen molar-refractivity contribution in [3.05, 3.63) is 46.0 Å². The maximum atomic E-state index is 11.5. The Kier molecular flexibility index (Phi) is 5.56. The topological polar surface area (TPSA) is 130 Å². The number of carboxylic acid groups (broad SMARTS) is 1. The highest BCUT2D eigenvalue weighted by molar-refractivity contribution is 5.94. The zero-order valence-corrected chi connectivity index (χ0v) is 11.1. The lowest BCUT2D eigenvalue weighted by atomic mass is 10.1. The molecule has 0 spiro atoms. The molecule has 0 heterocycles. The molecule has 8 nitrogen and oxygen atoms in total. The number of carbonyl (C=O) groups excluding carboxylic acids is 1. The number of benzene rings is 1. The summed E-state index contributed by atoms with van der Waals surface area (Å²) in [6.45, 7) is 1.25. The summed E-state index contributed by atoms with van der Waals surface area (Å²) in [6.07, 6.45) is 1.22. The summed E-state index contributed by atoms with van der Waals surface area (Å²) < 4.78 is 0. The molecule has 0 fully saturated rings. The molecule has 3 N–H and O–H groups in total. The monoisotopic (exact) mass is 294 g/mol. The summed E-state index contributed by atoms with van der Waals surface area (Å²) in [6, 6.07) is 4.07. The van der Waals surface area contributed by atoms with Crippen LogP contribution in [0.15, 0.2) is 30.3 Å². The van der Waals surface area contributed by atoms with Gasteiger partial charge in [0.15, 0.2) is 6.04 Å². The lowest BCUT2D eigenvalue weighted by Crippen LogP contribution is -2.47. The zero-order chi connectivity index (χ0) is 16.0. The van der Waals surface area contributed by atoms with Gasteiger partial charge < -0.3 is 15.5 Å². The molecule has 0 aliphatic carbocycles. The Morgan fingerprint density at radius 3 is 2.33 bits per heavy atom. The van der Waals surface area contributed by atoms with Crippen LogP contribution in [0, 0.1) is 10.1 Å². The van der Waals surface area contributed by atoms with Crippen LogP contribution < -0.4 is 5.32 Å². The van der Waals surface area contributed by atoms with Gasteiger partial charge in [0, 0.05) is 18.2 Å². The molecule has 1 aromatic carbocycles.